The van der Waals surface area contributed by atoms with Crippen molar-refractivity contribution < 1.29 is 4.74 Å². The number of hydrogen-bond donors (Lipinski definition) is 1. The van der Waals surface area contributed by atoms with Gasteiger partial charge < -0.3 is 9.72 Å². The molecular weight excluding hydrogens is 341 g/mol. The molecule has 7 heteroatoms. The van der Waals surface area contributed by atoms with Crippen molar-refractivity contribution in [3.05, 3.63) is 23.3 Å². The topological polar surface area (TPSA) is 41.2 Å². The summed E-state index contributed by atoms with van der Waals surface area (Å²) in [4.78, 5) is 10.5. The molecule has 4 nitrogen and oxygen atoms in total. The molecule has 2 aromatic rings. The minimum atomic E-state index is 0. The van der Waals surface area contributed by atoms with Crippen molar-refractivity contribution in [1.29, 1.82) is 0 Å². The van der Waals surface area contributed by atoms with E-state index in [1.54, 1.807) is 11.8 Å². The van der Waals surface area contributed by atoms with Crippen molar-refractivity contribution in [3.8, 4) is 0 Å². The quantitative estimate of drug-likeness (QED) is 0.844. The Labute approximate surface area is 148 Å². The molecule has 1 aliphatic rings. The Kier molecular flexibility index (Phi) is 8.00. The van der Waals surface area contributed by atoms with Crippen LogP contribution in [-0.2, 0) is 4.74 Å². The van der Waals surface area contributed by atoms with Crippen molar-refractivity contribution in [1.82, 2.24) is 14.9 Å². The Morgan fingerprint density at radius 1 is 1.18 bits per heavy atom. The van der Waals surface area contributed by atoms with Gasteiger partial charge in [-0.3, -0.25) is 4.90 Å². The molecule has 0 amide bonds. The van der Waals surface area contributed by atoms with E-state index in [0.29, 0.717) is 0 Å². The molecule has 2 heterocycles. The van der Waals surface area contributed by atoms with Crippen LogP contribution in [0.25, 0.3) is 11.0 Å². The van der Waals surface area contributed by atoms with E-state index in [-0.39, 0.29) is 24.8 Å². The lowest BCUT2D eigenvalue weighted by molar-refractivity contribution is 0.0410. The van der Waals surface area contributed by atoms with E-state index in [1.807, 2.05) is 0 Å². The van der Waals surface area contributed by atoms with E-state index in [4.69, 9.17) is 4.74 Å². The van der Waals surface area contributed by atoms with Gasteiger partial charge in [0, 0.05) is 25.4 Å². The summed E-state index contributed by atoms with van der Waals surface area (Å²) >= 11 is 1.80. The van der Waals surface area contributed by atoms with Crippen LogP contribution in [0.3, 0.4) is 0 Å². The van der Waals surface area contributed by atoms with Crippen molar-refractivity contribution in [2.45, 2.75) is 19.0 Å². The van der Waals surface area contributed by atoms with Crippen molar-refractivity contribution in [2.24, 2.45) is 0 Å². The Bertz CT molecular complexity index is 561. The Morgan fingerprint density at radius 3 is 2.59 bits per heavy atom. The SMILES string of the molecule is Cc1cc2nc(SCCN3CCOCC3)[nH]c2cc1C.Cl.Cl. The van der Waals surface area contributed by atoms with Crippen molar-refractivity contribution in [2.75, 3.05) is 38.6 Å². The molecule has 3 rings (SSSR count). The van der Waals surface area contributed by atoms with E-state index in [1.165, 1.54) is 11.1 Å². The number of ether oxygens (including phenoxy) is 1. The van der Waals surface area contributed by atoms with Crippen molar-refractivity contribution >= 4 is 47.6 Å². The number of fused-ring (bicyclic) bond motifs is 1. The number of hydrogen-bond acceptors (Lipinski definition) is 4. The highest BCUT2D eigenvalue weighted by Gasteiger charge is 2.10. The molecule has 1 N–H and O–H groups in total. The van der Waals surface area contributed by atoms with Gasteiger partial charge in [-0.25, -0.2) is 4.98 Å². The normalized spacial score (nSPS) is 15.4. The van der Waals surface area contributed by atoms with Crippen LogP contribution < -0.4 is 0 Å². The number of thioether (sulfide) groups is 1. The van der Waals surface area contributed by atoms with Gasteiger partial charge in [0.2, 0.25) is 0 Å². The second kappa shape index (κ2) is 8.99. The number of morpholine rings is 1. The van der Waals surface area contributed by atoms with Crippen LogP contribution in [0.1, 0.15) is 11.1 Å². The third kappa shape index (κ3) is 4.77. The summed E-state index contributed by atoms with van der Waals surface area (Å²) in [5.41, 5.74) is 4.82. The van der Waals surface area contributed by atoms with Gasteiger partial charge in [-0.1, -0.05) is 11.8 Å². The predicted molar refractivity (Wildman–Crippen MR) is 98.0 cm³/mol. The standard InChI is InChI=1S/C15H21N3OS.2ClH/c1-11-9-13-14(10-12(11)2)17-15(16-13)20-8-5-18-3-6-19-7-4-18;;/h9-10H,3-8H2,1-2H3,(H,16,17);2*1H. The third-order valence-corrected chi connectivity index (χ3v) is 4.68. The lowest BCUT2D eigenvalue weighted by Gasteiger charge is -2.26. The molecule has 0 saturated carbocycles. The maximum atomic E-state index is 5.36. The van der Waals surface area contributed by atoms with Gasteiger partial charge >= 0.3 is 0 Å². The van der Waals surface area contributed by atoms with Gasteiger partial charge in [0.1, 0.15) is 0 Å². The molecule has 1 aromatic heterocycles. The minimum Gasteiger partial charge on any atom is -0.379 e. The fourth-order valence-corrected chi connectivity index (χ4v) is 3.30. The lowest BCUT2D eigenvalue weighted by Crippen LogP contribution is -2.37. The number of halogens is 2. The van der Waals surface area contributed by atoms with E-state index < -0.39 is 0 Å². The van der Waals surface area contributed by atoms with Crippen LogP contribution >= 0.6 is 36.6 Å². The molecule has 1 fully saturated rings. The number of benzene rings is 1. The first-order chi connectivity index (χ1) is 9.72. The molecule has 22 heavy (non-hydrogen) atoms. The summed E-state index contributed by atoms with van der Waals surface area (Å²) in [6.45, 7) is 9.22. The second-order valence-corrected chi connectivity index (χ2v) is 6.38. The summed E-state index contributed by atoms with van der Waals surface area (Å²) < 4.78 is 5.36. The molecule has 0 spiro atoms. The first-order valence-electron chi connectivity index (χ1n) is 7.12. The highest BCUT2D eigenvalue weighted by Crippen LogP contribution is 2.22. The average Bonchev–Trinajstić information content (AvgIpc) is 2.82. The molecule has 1 aliphatic heterocycles. The van der Waals surface area contributed by atoms with Crippen LogP contribution in [0.15, 0.2) is 17.3 Å². The Balaban J connectivity index is 0.00000121. The van der Waals surface area contributed by atoms with E-state index in [2.05, 4.69) is 40.8 Å². The molecule has 124 valence electrons. The number of nitrogens with zero attached hydrogens (tertiary/aromatic N) is 2. The number of aryl methyl sites for hydroxylation is 2. The molecule has 1 saturated heterocycles. The zero-order chi connectivity index (χ0) is 13.9. The lowest BCUT2D eigenvalue weighted by atomic mass is 10.1. The Morgan fingerprint density at radius 2 is 1.86 bits per heavy atom. The number of aromatic amines is 1. The number of rotatable bonds is 4. The van der Waals surface area contributed by atoms with Crippen LogP contribution in [-0.4, -0.2) is 53.5 Å². The summed E-state index contributed by atoms with van der Waals surface area (Å²) in [6, 6.07) is 4.34. The number of nitrogens with one attached hydrogen (secondary N) is 1. The van der Waals surface area contributed by atoms with E-state index in [0.717, 1.165) is 54.8 Å². The zero-order valence-corrected chi connectivity index (χ0v) is 15.4. The van der Waals surface area contributed by atoms with Crippen LogP contribution in [0.2, 0.25) is 0 Å². The maximum Gasteiger partial charge on any atom is 0.166 e. The molecule has 0 aliphatic carbocycles. The second-order valence-electron chi connectivity index (χ2n) is 5.30. The molecule has 0 bridgehead atoms. The maximum absolute atomic E-state index is 5.36. The fraction of sp³-hybridized carbons (Fsp3) is 0.533. The number of H-pyrrole nitrogens is 1. The summed E-state index contributed by atoms with van der Waals surface area (Å²) in [6.07, 6.45) is 0. The third-order valence-electron chi connectivity index (χ3n) is 3.83. The highest BCUT2D eigenvalue weighted by atomic mass is 35.5. The minimum absolute atomic E-state index is 0. The smallest absolute Gasteiger partial charge is 0.166 e. The van der Waals surface area contributed by atoms with Crippen LogP contribution in [0.4, 0.5) is 0 Å². The average molecular weight is 364 g/mol. The van der Waals surface area contributed by atoms with Crippen molar-refractivity contribution in [3.63, 3.8) is 0 Å². The van der Waals surface area contributed by atoms with Gasteiger partial charge in [0.15, 0.2) is 5.16 Å². The van der Waals surface area contributed by atoms with E-state index in [9.17, 15) is 0 Å². The summed E-state index contributed by atoms with van der Waals surface area (Å²) in [5.74, 6) is 1.07. The van der Waals surface area contributed by atoms with Crippen LogP contribution in [0, 0.1) is 13.8 Å². The molecular formula is C15H23Cl2N3OS. The predicted octanol–water partition coefficient (Wildman–Crippen LogP) is 3.45. The highest BCUT2D eigenvalue weighted by molar-refractivity contribution is 7.99. The van der Waals surface area contributed by atoms with Gasteiger partial charge in [-0.2, -0.15) is 0 Å². The zero-order valence-electron chi connectivity index (χ0n) is 12.9. The molecule has 1 aromatic carbocycles. The van der Waals surface area contributed by atoms with E-state index >= 15 is 0 Å². The van der Waals surface area contributed by atoms with Gasteiger partial charge in [-0.15, -0.1) is 24.8 Å². The summed E-state index contributed by atoms with van der Waals surface area (Å²) in [5, 5.41) is 1.03. The number of imidazole rings is 1. The Hall–Kier alpha value is -0.460. The number of aromatic nitrogens is 2. The molecule has 0 unspecified atom stereocenters. The first-order valence-corrected chi connectivity index (χ1v) is 8.11. The van der Waals surface area contributed by atoms with Gasteiger partial charge in [0.25, 0.3) is 0 Å². The van der Waals surface area contributed by atoms with Crippen LogP contribution in [0.5, 0.6) is 0 Å². The monoisotopic (exact) mass is 363 g/mol. The first kappa shape index (κ1) is 19.6. The molecule has 0 atom stereocenters. The van der Waals surface area contributed by atoms with Gasteiger partial charge in [0.05, 0.1) is 24.2 Å². The van der Waals surface area contributed by atoms with Gasteiger partial charge in [-0.05, 0) is 37.1 Å². The molecule has 0 radical (unpaired) electrons. The fourth-order valence-electron chi connectivity index (χ4n) is 2.41. The summed E-state index contributed by atoms with van der Waals surface area (Å²) in [7, 11) is 0. The largest absolute Gasteiger partial charge is 0.379 e.